The molecule has 0 atom stereocenters. The molecule has 3 rings (SSSR count). The molecular formula is C21H20N2O4. The number of carbonyl (C=O) groups is 2. The van der Waals surface area contributed by atoms with Crippen LogP contribution in [-0.2, 0) is 11.2 Å². The zero-order valence-corrected chi connectivity index (χ0v) is 15.4. The molecule has 3 aromatic rings. The van der Waals surface area contributed by atoms with E-state index >= 15 is 0 Å². The SMILES string of the molecule is CCc1c(C(=O)O)c(-c2ccc(C(=O)OC)cc2)nn1-c1cccc(C)c1. The zero-order valence-electron chi connectivity index (χ0n) is 15.4. The molecule has 27 heavy (non-hydrogen) atoms. The van der Waals surface area contributed by atoms with Gasteiger partial charge in [-0.15, -0.1) is 0 Å². The number of hydrogen-bond donors (Lipinski definition) is 1. The van der Waals surface area contributed by atoms with Crippen LogP contribution in [0.3, 0.4) is 0 Å². The van der Waals surface area contributed by atoms with Crippen molar-refractivity contribution in [1.29, 1.82) is 0 Å². The molecule has 0 amide bonds. The van der Waals surface area contributed by atoms with E-state index in [1.807, 2.05) is 38.1 Å². The van der Waals surface area contributed by atoms with Gasteiger partial charge in [-0.25, -0.2) is 14.3 Å². The summed E-state index contributed by atoms with van der Waals surface area (Å²) >= 11 is 0. The minimum absolute atomic E-state index is 0.171. The van der Waals surface area contributed by atoms with Crippen molar-refractivity contribution >= 4 is 11.9 Å². The molecule has 0 saturated heterocycles. The van der Waals surface area contributed by atoms with Crippen LogP contribution in [0.25, 0.3) is 16.9 Å². The molecule has 2 aromatic carbocycles. The number of aromatic carboxylic acids is 1. The van der Waals surface area contributed by atoms with Gasteiger partial charge in [0.2, 0.25) is 0 Å². The van der Waals surface area contributed by atoms with Crippen LogP contribution in [0.4, 0.5) is 0 Å². The molecule has 0 fully saturated rings. The second-order valence-corrected chi connectivity index (χ2v) is 6.15. The van der Waals surface area contributed by atoms with Crippen LogP contribution in [0.1, 0.15) is 38.9 Å². The van der Waals surface area contributed by atoms with Gasteiger partial charge in [0.25, 0.3) is 0 Å². The van der Waals surface area contributed by atoms with E-state index in [0.29, 0.717) is 28.9 Å². The molecule has 138 valence electrons. The van der Waals surface area contributed by atoms with E-state index < -0.39 is 11.9 Å². The lowest BCUT2D eigenvalue weighted by Crippen LogP contribution is -2.06. The number of carboxylic acid groups (broad SMARTS) is 1. The maximum atomic E-state index is 12.0. The van der Waals surface area contributed by atoms with Gasteiger partial charge < -0.3 is 9.84 Å². The smallest absolute Gasteiger partial charge is 0.339 e. The zero-order chi connectivity index (χ0) is 19.6. The summed E-state index contributed by atoms with van der Waals surface area (Å²) in [6, 6.07) is 14.3. The Morgan fingerprint density at radius 1 is 1.15 bits per heavy atom. The van der Waals surface area contributed by atoms with E-state index in [9.17, 15) is 14.7 Å². The first-order chi connectivity index (χ1) is 13.0. The van der Waals surface area contributed by atoms with Gasteiger partial charge in [0.15, 0.2) is 0 Å². The van der Waals surface area contributed by atoms with Crippen molar-refractivity contribution in [3.63, 3.8) is 0 Å². The van der Waals surface area contributed by atoms with Crippen LogP contribution >= 0.6 is 0 Å². The minimum Gasteiger partial charge on any atom is -0.478 e. The Labute approximate surface area is 157 Å². The first-order valence-corrected chi connectivity index (χ1v) is 8.57. The molecule has 0 unspecified atom stereocenters. The van der Waals surface area contributed by atoms with Gasteiger partial charge in [-0.3, -0.25) is 0 Å². The molecule has 0 radical (unpaired) electrons. The summed E-state index contributed by atoms with van der Waals surface area (Å²) in [5.74, 6) is -1.47. The van der Waals surface area contributed by atoms with Crippen molar-refractivity contribution in [3.8, 4) is 16.9 Å². The average molecular weight is 364 g/mol. The van der Waals surface area contributed by atoms with Gasteiger partial charge in [0.05, 0.1) is 24.1 Å². The fourth-order valence-electron chi connectivity index (χ4n) is 3.06. The number of benzene rings is 2. The number of nitrogens with zero attached hydrogens (tertiary/aromatic N) is 2. The Bertz CT molecular complexity index is 1000. The lowest BCUT2D eigenvalue weighted by atomic mass is 10.0. The van der Waals surface area contributed by atoms with Crippen molar-refractivity contribution in [1.82, 2.24) is 9.78 Å². The number of ether oxygens (including phenoxy) is 1. The average Bonchev–Trinajstić information content (AvgIpc) is 3.07. The number of rotatable bonds is 5. The lowest BCUT2D eigenvalue weighted by Gasteiger charge is -2.07. The summed E-state index contributed by atoms with van der Waals surface area (Å²) < 4.78 is 6.38. The number of aryl methyl sites for hydroxylation is 1. The molecule has 6 heteroatoms. The molecular weight excluding hydrogens is 344 g/mol. The third kappa shape index (κ3) is 3.46. The van der Waals surface area contributed by atoms with Crippen LogP contribution < -0.4 is 0 Å². The first-order valence-electron chi connectivity index (χ1n) is 8.57. The van der Waals surface area contributed by atoms with E-state index in [1.54, 1.807) is 28.9 Å². The maximum absolute atomic E-state index is 12.0. The number of methoxy groups -OCH3 is 1. The largest absolute Gasteiger partial charge is 0.478 e. The maximum Gasteiger partial charge on any atom is 0.339 e. The standard InChI is InChI=1S/C21H20N2O4/c1-4-17-18(20(24)25)19(14-8-10-15(11-9-14)21(26)27-3)22-23(17)16-7-5-6-13(2)12-16/h5-12H,4H2,1-3H3,(H,24,25). The summed E-state index contributed by atoms with van der Waals surface area (Å²) in [4.78, 5) is 23.6. The Hall–Kier alpha value is -3.41. The van der Waals surface area contributed by atoms with E-state index in [1.165, 1.54) is 7.11 Å². The van der Waals surface area contributed by atoms with Gasteiger partial charge in [-0.05, 0) is 43.2 Å². The van der Waals surface area contributed by atoms with Crippen LogP contribution in [-0.4, -0.2) is 33.9 Å². The van der Waals surface area contributed by atoms with Gasteiger partial charge in [0.1, 0.15) is 11.3 Å². The van der Waals surface area contributed by atoms with Crippen molar-refractivity contribution in [2.45, 2.75) is 20.3 Å². The van der Waals surface area contributed by atoms with E-state index in [2.05, 4.69) is 5.10 Å². The summed E-state index contributed by atoms with van der Waals surface area (Å²) in [6.07, 6.45) is 0.517. The molecule has 1 aromatic heterocycles. The number of carboxylic acids is 1. The molecule has 0 saturated carbocycles. The van der Waals surface area contributed by atoms with Gasteiger partial charge in [-0.1, -0.05) is 31.2 Å². The van der Waals surface area contributed by atoms with Gasteiger partial charge in [-0.2, -0.15) is 5.10 Å². The lowest BCUT2D eigenvalue weighted by molar-refractivity contribution is 0.0599. The molecule has 0 aliphatic heterocycles. The molecule has 0 aliphatic rings. The highest BCUT2D eigenvalue weighted by Gasteiger charge is 2.24. The summed E-state index contributed by atoms with van der Waals surface area (Å²) in [6.45, 7) is 3.88. The molecule has 0 aliphatic carbocycles. The molecule has 1 N–H and O–H groups in total. The first kappa shape index (κ1) is 18.4. The number of carbonyl (C=O) groups excluding carboxylic acids is 1. The number of aromatic nitrogens is 2. The fourth-order valence-corrected chi connectivity index (χ4v) is 3.06. The van der Waals surface area contributed by atoms with Crippen LogP contribution in [0.15, 0.2) is 48.5 Å². The second-order valence-electron chi connectivity index (χ2n) is 6.15. The molecule has 6 nitrogen and oxygen atoms in total. The van der Waals surface area contributed by atoms with Crippen molar-refractivity contribution in [2.75, 3.05) is 7.11 Å². The summed E-state index contributed by atoms with van der Waals surface area (Å²) in [7, 11) is 1.32. The predicted octanol–water partition coefficient (Wildman–Crippen LogP) is 3.89. The van der Waals surface area contributed by atoms with Gasteiger partial charge >= 0.3 is 11.9 Å². The summed E-state index contributed by atoms with van der Waals surface area (Å²) in [5, 5.41) is 14.4. The highest BCUT2D eigenvalue weighted by molar-refractivity contribution is 5.97. The van der Waals surface area contributed by atoms with E-state index in [4.69, 9.17) is 4.74 Å². The van der Waals surface area contributed by atoms with Crippen LogP contribution in [0, 0.1) is 6.92 Å². The van der Waals surface area contributed by atoms with E-state index in [0.717, 1.165) is 11.3 Å². The van der Waals surface area contributed by atoms with E-state index in [-0.39, 0.29) is 5.56 Å². The van der Waals surface area contributed by atoms with Crippen molar-refractivity contribution < 1.29 is 19.4 Å². The third-order valence-electron chi connectivity index (χ3n) is 4.36. The monoisotopic (exact) mass is 364 g/mol. The Morgan fingerprint density at radius 2 is 1.85 bits per heavy atom. The normalized spacial score (nSPS) is 10.6. The quantitative estimate of drug-likeness (QED) is 0.695. The predicted molar refractivity (Wildman–Crippen MR) is 101 cm³/mol. The topological polar surface area (TPSA) is 81.4 Å². The van der Waals surface area contributed by atoms with Crippen molar-refractivity contribution in [2.24, 2.45) is 0 Å². The fraction of sp³-hybridized carbons (Fsp3) is 0.190. The Kier molecular flexibility index (Phi) is 5.07. The molecule has 0 spiro atoms. The summed E-state index contributed by atoms with van der Waals surface area (Å²) in [5.41, 5.74) is 4.06. The third-order valence-corrected chi connectivity index (χ3v) is 4.36. The second kappa shape index (κ2) is 7.45. The Morgan fingerprint density at radius 3 is 2.41 bits per heavy atom. The molecule has 0 bridgehead atoms. The van der Waals surface area contributed by atoms with Crippen molar-refractivity contribution in [3.05, 3.63) is 70.9 Å². The van der Waals surface area contributed by atoms with Crippen LogP contribution in [0.2, 0.25) is 0 Å². The highest BCUT2D eigenvalue weighted by atomic mass is 16.5. The minimum atomic E-state index is -1.03. The number of hydrogen-bond acceptors (Lipinski definition) is 4. The highest BCUT2D eigenvalue weighted by Crippen LogP contribution is 2.29. The van der Waals surface area contributed by atoms with Crippen LogP contribution in [0.5, 0.6) is 0 Å². The Balaban J connectivity index is 2.18. The number of esters is 1. The van der Waals surface area contributed by atoms with Gasteiger partial charge in [0, 0.05) is 5.56 Å². The molecule has 1 heterocycles.